The fraction of sp³-hybridized carbons (Fsp3) is 0.0667. The van der Waals surface area contributed by atoms with Crippen LogP contribution in [0.25, 0.3) is 22.2 Å². The number of nitro groups is 1. The molecule has 0 bridgehead atoms. The highest BCUT2D eigenvalue weighted by molar-refractivity contribution is 5.91. The van der Waals surface area contributed by atoms with Crippen molar-refractivity contribution in [1.82, 2.24) is 4.98 Å². The number of non-ortho nitro benzene ring substituents is 1. The van der Waals surface area contributed by atoms with Gasteiger partial charge >= 0.3 is 0 Å². The highest BCUT2D eigenvalue weighted by atomic mass is 16.6. The first-order chi connectivity index (χ1) is 9.16. The highest BCUT2D eigenvalue weighted by Gasteiger charge is 2.12. The first-order valence-electron chi connectivity index (χ1n) is 5.99. The van der Waals surface area contributed by atoms with Crippen LogP contribution in [0.4, 0.5) is 5.69 Å². The summed E-state index contributed by atoms with van der Waals surface area (Å²) in [5, 5.41) is 11.8. The number of hydrogen-bond acceptors (Lipinski definition) is 2. The predicted molar refractivity (Wildman–Crippen MR) is 75.1 cm³/mol. The van der Waals surface area contributed by atoms with Crippen LogP contribution in [0, 0.1) is 17.0 Å². The molecule has 0 radical (unpaired) electrons. The van der Waals surface area contributed by atoms with Crippen molar-refractivity contribution in [3.8, 4) is 11.3 Å². The number of nitrogens with zero attached hydrogens (tertiary/aromatic N) is 1. The lowest BCUT2D eigenvalue weighted by molar-refractivity contribution is -0.384. The van der Waals surface area contributed by atoms with Gasteiger partial charge < -0.3 is 4.98 Å². The van der Waals surface area contributed by atoms with E-state index in [1.807, 2.05) is 37.3 Å². The van der Waals surface area contributed by atoms with E-state index in [0.29, 0.717) is 0 Å². The number of nitro benzene ring substituents is 1. The van der Waals surface area contributed by atoms with Crippen molar-refractivity contribution >= 4 is 16.6 Å². The van der Waals surface area contributed by atoms with Gasteiger partial charge in [-0.05, 0) is 24.1 Å². The van der Waals surface area contributed by atoms with Crippen LogP contribution < -0.4 is 0 Å². The number of aromatic nitrogens is 1. The molecule has 1 N–H and O–H groups in total. The van der Waals surface area contributed by atoms with Crippen LogP contribution in [0.15, 0.2) is 48.5 Å². The Morgan fingerprint density at radius 3 is 2.53 bits per heavy atom. The van der Waals surface area contributed by atoms with Crippen molar-refractivity contribution in [3.05, 3.63) is 64.2 Å². The molecule has 0 amide bonds. The summed E-state index contributed by atoms with van der Waals surface area (Å²) < 4.78 is 0. The third kappa shape index (κ3) is 1.87. The molecule has 3 aromatic rings. The fourth-order valence-electron chi connectivity index (χ4n) is 2.33. The van der Waals surface area contributed by atoms with Crippen molar-refractivity contribution in [2.75, 3.05) is 0 Å². The number of aryl methyl sites for hydroxylation is 1. The van der Waals surface area contributed by atoms with Gasteiger partial charge in [0.2, 0.25) is 0 Å². The van der Waals surface area contributed by atoms with E-state index < -0.39 is 0 Å². The van der Waals surface area contributed by atoms with E-state index in [2.05, 4.69) is 4.98 Å². The second-order valence-electron chi connectivity index (χ2n) is 4.48. The van der Waals surface area contributed by atoms with Gasteiger partial charge in [-0.3, -0.25) is 10.1 Å². The molecule has 1 aromatic heterocycles. The molecule has 0 fully saturated rings. The van der Waals surface area contributed by atoms with Gasteiger partial charge in [-0.2, -0.15) is 0 Å². The van der Waals surface area contributed by atoms with E-state index in [1.54, 1.807) is 12.1 Å². The molecule has 0 unspecified atom stereocenters. The molecule has 94 valence electrons. The minimum atomic E-state index is -0.377. The summed E-state index contributed by atoms with van der Waals surface area (Å²) in [7, 11) is 0. The van der Waals surface area contributed by atoms with Crippen molar-refractivity contribution in [2.45, 2.75) is 6.92 Å². The van der Waals surface area contributed by atoms with Gasteiger partial charge in [-0.15, -0.1) is 0 Å². The minimum absolute atomic E-state index is 0.105. The van der Waals surface area contributed by atoms with Crippen molar-refractivity contribution in [3.63, 3.8) is 0 Å². The number of nitrogens with one attached hydrogen (secondary N) is 1. The molecular formula is C15H12N2O2. The predicted octanol–water partition coefficient (Wildman–Crippen LogP) is 4.05. The normalized spacial score (nSPS) is 10.8. The molecule has 0 saturated heterocycles. The standard InChI is InChI=1S/C15H12N2O2/c1-10-13-8-7-12(17(18)19)9-14(13)16-15(10)11-5-3-2-4-6-11/h2-9,16H,1H3. The third-order valence-corrected chi connectivity index (χ3v) is 3.32. The summed E-state index contributed by atoms with van der Waals surface area (Å²) in [5.41, 5.74) is 4.10. The number of aromatic amines is 1. The molecule has 1 heterocycles. The molecule has 3 rings (SSSR count). The first kappa shape index (κ1) is 11.5. The fourth-order valence-corrected chi connectivity index (χ4v) is 2.33. The zero-order valence-electron chi connectivity index (χ0n) is 10.4. The summed E-state index contributed by atoms with van der Waals surface area (Å²) in [4.78, 5) is 13.7. The molecule has 4 heteroatoms. The number of hydrogen-bond donors (Lipinski definition) is 1. The average molecular weight is 252 g/mol. The molecule has 0 aliphatic rings. The Bertz CT molecular complexity index is 760. The topological polar surface area (TPSA) is 58.9 Å². The van der Waals surface area contributed by atoms with E-state index in [0.717, 1.165) is 27.7 Å². The lowest BCUT2D eigenvalue weighted by Crippen LogP contribution is -1.86. The monoisotopic (exact) mass is 252 g/mol. The number of benzene rings is 2. The maximum Gasteiger partial charge on any atom is 0.271 e. The van der Waals surface area contributed by atoms with Gasteiger partial charge in [-0.25, -0.2) is 0 Å². The Labute approximate surface area is 109 Å². The van der Waals surface area contributed by atoms with Crippen LogP contribution in [-0.4, -0.2) is 9.91 Å². The minimum Gasteiger partial charge on any atom is -0.354 e. The molecule has 19 heavy (non-hydrogen) atoms. The number of fused-ring (bicyclic) bond motifs is 1. The Morgan fingerprint density at radius 1 is 1.11 bits per heavy atom. The molecule has 2 aromatic carbocycles. The van der Waals surface area contributed by atoms with Crippen LogP contribution >= 0.6 is 0 Å². The Kier molecular flexibility index (Phi) is 2.56. The summed E-state index contributed by atoms with van der Waals surface area (Å²) in [5.74, 6) is 0. The van der Waals surface area contributed by atoms with Crippen LogP contribution in [0.5, 0.6) is 0 Å². The SMILES string of the molecule is Cc1c(-c2ccccc2)[nH]c2cc([N+](=O)[O-])ccc12. The lowest BCUT2D eigenvalue weighted by atomic mass is 10.1. The maximum absolute atomic E-state index is 10.8. The number of H-pyrrole nitrogens is 1. The largest absolute Gasteiger partial charge is 0.354 e. The van der Waals surface area contributed by atoms with Gasteiger partial charge in [0.05, 0.1) is 10.4 Å². The highest BCUT2D eigenvalue weighted by Crippen LogP contribution is 2.31. The summed E-state index contributed by atoms with van der Waals surface area (Å²) >= 11 is 0. The second-order valence-corrected chi connectivity index (χ2v) is 4.48. The van der Waals surface area contributed by atoms with E-state index >= 15 is 0 Å². The molecule has 0 atom stereocenters. The van der Waals surface area contributed by atoms with Gasteiger partial charge in [0.25, 0.3) is 5.69 Å². The smallest absolute Gasteiger partial charge is 0.271 e. The molecule has 0 aliphatic heterocycles. The van der Waals surface area contributed by atoms with E-state index in [-0.39, 0.29) is 10.6 Å². The molecule has 0 saturated carbocycles. The van der Waals surface area contributed by atoms with Crippen LogP contribution in [-0.2, 0) is 0 Å². The Morgan fingerprint density at radius 2 is 1.84 bits per heavy atom. The number of rotatable bonds is 2. The molecule has 4 nitrogen and oxygen atoms in total. The van der Waals surface area contributed by atoms with Crippen molar-refractivity contribution < 1.29 is 4.92 Å². The molecule has 0 spiro atoms. The Hall–Kier alpha value is -2.62. The molecular weight excluding hydrogens is 240 g/mol. The van der Waals surface area contributed by atoms with Gasteiger partial charge in [0.15, 0.2) is 0 Å². The van der Waals surface area contributed by atoms with Gasteiger partial charge in [-0.1, -0.05) is 30.3 Å². The average Bonchev–Trinajstić information content (AvgIpc) is 2.76. The summed E-state index contributed by atoms with van der Waals surface area (Å²) in [6.07, 6.45) is 0. The second kappa shape index (κ2) is 4.24. The van der Waals surface area contributed by atoms with Crippen LogP contribution in [0.1, 0.15) is 5.56 Å². The first-order valence-corrected chi connectivity index (χ1v) is 5.99. The maximum atomic E-state index is 10.8. The zero-order valence-corrected chi connectivity index (χ0v) is 10.4. The van der Waals surface area contributed by atoms with Gasteiger partial charge in [0.1, 0.15) is 0 Å². The molecule has 0 aliphatic carbocycles. The third-order valence-electron chi connectivity index (χ3n) is 3.32. The van der Waals surface area contributed by atoms with Crippen LogP contribution in [0.3, 0.4) is 0 Å². The van der Waals surface area contributed by atoms with Gasteiger partial charge in [0, 0.05) is 23.2 Å². The van der Waals surface area contributed by atoms with Crippen molar-refractivity contribution in [1.29, 1.82) is 0 Å². The Balaban J connectivity index is 2.23. The van der Waals surface area contributed by atoms with E-state index in [4.69, 9.17) is 0 Å². The quantitative estimate of drug-likeness (QED) is 0.552. The van der Waals surface area contributed by atoms with E-state index in [1.165, 1.54) is 6.07 Å². The summed E-state index contributed by atoms with van der Waals surface area (Å²) in [6.45, 7) is 2.02. The summed E-state index contributed by atoms with van der Waals surface area (Å²) in [6, 6.07) is 14.9. The lowest BCUT2D eigenvalue weighted by Gasteiger charge is -1.99. The van der Waals surface area contributed by atoms with Crippen molar-refractivity contribution in [2.24, 2.45) is 0 Å². The zero-order chi connectivity index (χ0) is 13.4. The van der Waals surface area contributed by atoms with Crippen LogP contribution in [0.2, 0.25) is 0 Å². The van der Waals surface area contributed by atoms with E-state index in [9.17, 15) is 10.1 Å².